The Morgan fingerprint density at radius 2 is 1.62 bits per heavy atom. The molecule has 0 aromatic heterocycles. The van der Waals surface area contributed by atoms with Gasteiger partial charge in [-0.05, 0) is 30.5 Å². The van der Waals surface area contributed by atoms with E-state index in [1.807, 2.05) is 12.1 Å². The molecule has 1 N–H and O–H groups in total. The SMILES string of the molecule is CCCCCCCCCc1ccc(OCCC(=O)O)cc1. The van der Waals surface area contributed by atoms with Crippen molar-refractivity contribution in [3.05, 3.63) is 29.8 Å². The van der Waals surface area contributed by atoms with E-state index in [1.54, 1.807) is 0 Å². The molecule has 1 rings (SSSR count). The lowest BCUT2D eigenvalue weighted by molar-refractivity contribution is -0.137. The summed E-state index contributed by atoms with van der Waals surface area (Å²) in [5.41, 5.74) is 1.33. The highest BCUT2D eigenvalue weighted by molar-refractivity contribution is 5.66. The molecule has 0 bridgehead atoms. The summed E-state index contributed by atoms with van der Waals surface area (Å²) in [6, 6.07) is 8.01. The van der Waals surface area contributed by atoms with Gasteiger partial charge in [0.15, 0.2) is 0 Å². The van der Waals surface area contributed by atoms with Crippen molar-refractivity contribution in [2.75, 3.05) is 6.61 Å². The summed E-state index contributed by atoms with van der Waals surface area (Å²) in [6.45, 7) is 2.47. The number of carboxylic acids is 1. The van der Waals surface area contributed by atoms with Crippen LogP contribution in [0.4, 0.5) is 0 Å². The lowest BCUT2D eigenvalue weighted by atomic mass is 10.0. The standard InChI is InChI=1S/C18H28O3/c1-2-3-4-5-6-7-8-9-16-10-12-17(13-11-16)21-15-14-18(19)20/h10-13H,2-9,14-15H2,1H3,(H,19,20). The molecule has 0 radical (unpaired) electrons. The number of hydrogen-bond acceptors (Lipinski definition) is 2. The molecular formula is C18H28O3. The van der Waals surface area contributed by atoms with Gasteiger partial charge in [0.2, 0.25) is 0 Å². The number of unbranched alkanes of at least 4 members (excludes halogenated alkanes) is 6. The maximum absolute atomic E-state index is 10.4. The third-order valence-electron chi connectivity index (χ3n) is 3.58. The van der Waals surface area contributed by atoms with Crippen LogP contribution in [0.2, 0.25) is 0 Å². The summed E-state index contributed by atoms with van der Waals surface area (Å²) in [7, 11) is 0. The van der Waals surface area contributed by atoms with E-state index in [4.69, 9.17) is 9.84 Å². The van der Waals surface area contributed by atoms with Crippen LogP contribution in [0.5, 0.6) is 5.75 Å². The van der Waals surface area contributed by atoms with Crippen molar-refractivity contribution in [1.29, 1.82) is 0 Å². The van der Waals surface area contributed by atoms with Gasteiger partial charge < -0.3 is 9.84 Å². The van der Waals surface area contributed by atoms with Crippen molar-refractivity contribution in [2.45, 2.75) is 64.7 Å². The van der Waals surface area contributed by atoms with Crippen LogP contribution in [0.1, 0.15) is 63.9 Å². The van der Waals surface area contributed by atoms with Gasteiger partial charge >= 0.3 is 5.97 Å². The molecule has 0 heterocycles. The van der Waals surface area contributed by atoms with Crippen molar-refractivity contribution in [3.63, 3.8) is 0 Å². The maximum Gasteiger partial charge on any atom is 0.306 e. The average molecular weight is 292 g/mol. The molecule has 0 spiro atoms. The molecule has 3 nitrogen and oxygen atoms in total. The van der Waals surface area contributed by atoms with E-state index >= 15 is 0 Å². The molecule has 1 aromatic rings. The second kappa shape index (κ2) is 11.2. The van der Waals surface area contributed by atoms with Crippen LogP contribution >= 0.6 is 0 Å². The number of carbonyl (C=O) groups is 1. The van der Waals surface area contributed by atoms with E-state index in [0.717, 1.165) is 12.2 Å². The van der Waals surface area contributed by atoms with Gasteiger partial charge in [-0.2, -0.15) is 0 Å². The fourth-order valence-corrected chi connectivity index (χ4v) is 2.29. The highest BCUT2D eigenvalue weighted by atomic mass is 16.5. The van der Waals surface area contributed by atoms with E-state index in [0.29, 0.717) is 0 Å². The second-order valence-electron chi connectivity index (χ2n) is 5.51. The third-order valence-corrected chi connectivity index (χ3v) is 3.58. The summed E-state index contributed by atoms with van der Waals surface area (Å²) in [4.78, 5) is 10.4. The summed E-state index contributed by atoms with van der Waals surface area (Å²) < 4.78 is 5.37. The van der Waals surface area contributed by atoms with Gasteiger partial charge in [0.25, 0.3) is 0 Å². The molecule has 1 aromatic carbocycles. The lowest BCUT2D eigenvalue weighted by Crippen LogP contribution is -2.04. The number of aliphatic carboxylic acids is 1. The summed E-state index contributed by atoms with van der Waals surface area (Å²) in [5, 5.41) is 8.54. The largest absolute Gasteiger partial charge is 0.493 e. The Balaban J connectivity index is 2.12. The molecule has 0 fully saturated rings. The minimum atomic E-state index is -0.828. The van der Waals surface area contributed by atoms with Crippen LogP contribution in [-0.4, -0.2) is 17.7 Å². The quantitative estimate of drug-likeness (QED) is 0.561. The van der Waals surface area contributed by atoms with E-state index in [2.05, 4.69) is 19.1 Å². The van der Waals surface area contributed by atoms with Crippen LogP contribution in [0.15, 0.2) is 24.3 Å². The van der Waals surface area contributed by atoms with Crippen LogP contribution in [0.25, 0.3) is 0 Å². The predicted octanol–water partition coefficient (Wildman–Crippen LogP) is 4.83. The van der Waals surface area contributed by atoms with Gasteiger partial charge in [-0.25, -0.2) is 0 Å². The molecule has 0 unspecified atom stereocenters. The smallest absolute Gasteiger partial charge is 0.306 e. The Kier molecular flexibility index (Phi) is 9.34. The number of hydrogen-bond donors (Lipinski definition) is 1. The molecule has 21 heavy (non-hydrogen) atoms. The van der Waals surface area contributed by atoms with Crippen molar-refractivity contribution in [3.8, 4) is 5.75 Å². The molecule has 0 amide bonds. The van der Waals surface area contributed by atoms with E-state index < -0.39 is 5.97 Å². The van der Waals surface area contributed by atoms with Crippen molar-refractivity contribution in [1.82, 2.24) is 0 Å². The fourth-order valence-electron chi connectivity index (χ4n) is 2.29. The molecule has 0 saturated carbocycles. The van der Waals surface area contributed by atoms with Gasteiger partial charge in [-0.3, -0.25) is 4.79 Å². The first kappa shape index (κ1) is 17.5. The second-order valence-corrected chi connectivity index (χ2v) is 5.51. The molecule has 0 aliphatic rings. The van der Waals surface area contributed by atoms with Crippen molar-refractivity contribution in [2.24, 2.45) is 0 Å². The number of aryl methyl sites for hydroxylation is 1. The zero-order chi connectivity index (χ0) is 15.3. The van der Waals surface area contributed by atoms with Crippen LogP contribution < -0.4 is 4.74 Å². The first-order valence-corrected chi connectivity index (χ1v) is 8.16. The minimum absolute atomic E-state index is 0.0415. The third kappa shape index (κ3) is 9.11. The van der Waals surface area contributed by atoms with Crippen LogP contribution in [0.3, 0.4) is 0 Å². The molecule has 118 valence electrons. The number of carboxylic acid groups (broad SMARTS) is 1. The molecule has 0 saturated heterocycles. The molecule has 0 aliphatic carbocycles. The summed E-state index contributed by atoms with van der Waals surface area (Å²) in [6.07, 6.45) is 10.5. The molecule has 0 atom stereocenters. The van der Waals surface area contributed by atoms with Crippen molar-refractivity contribution >= 4 is 5.97 Å². The Hall–Kier alpha value is -1.51. The normalized spacial score (nSPS) is 10.5. The molecular weight excluding hydrogens is 264 g/mol. The summed E-state index contributed by atoms with van der Waals surface area (Å²) >= 11 is 0. The number of benzene rings is 1. The van der Waals surface area contributed by atoms with E-state index in [9.17, 15) is 4.79 Å². The zero-order valence-corrected chi connectivity index (χ0v) is 13.1. The highest BCUT2D eigenvalue weighted by Gasteiger charge is 1.99. The fraction of sp³-hybridized carbons (Fsp3) is 0.611. The molecule has 3 heteroatoms. The minimum Gasteiger partial charge on any atom is -0.493 e. The molecule has 0 aliphatic heterocycles. The topological polar surface area (TPSA) is 46.5 Å². The predicted molar refractivity (Wildman–Crippen MR) is 85.9 cm³/mol. The first-order valence-electron chi connectivity index (χ1n) is 8.16. The number of ether oxygens (including phenoxy) is 1. The van der Waals surface area contributed by atoms with E-state index in [-0.39, 0.29) is 13.0 Å². The van der Waals surface area contributed by atoms with Gasteiger partial charge in [0.05, 0.1) is 13.0 Å². The van der Waals surface area contributed by atoms with E-state index in [1.165, 1.54) is 50.5 Å². The number of rotatable bonds is 12. The zero-order valence-electron chi connectivity index (χ0n) is 13.1. The Morgan fingerprint density at radius 1 is 1.00 bits per heavy atom. The van der Waals surface area contributed by atoms with Gasteiger partial charge in [0.1, 0.15) is 5.75 Å². The van der Waals surface area contributed by atoms with Gasteiger partial charge in [-0.1, -0.05) is 57.6 Å². The maximum atomic E-state index is 10.4. The van der Waals surface area contributed by atoms with Gasteiger partial charge in [-0.15, -0.1) is 0 Å². The Labute approximate surface area is 128 Å². The Morgan fingerprint density at radius 3 is 2.24 bits per heavy atom. The first-order chi connectivity index (χ1) is 10.2. The highest BCUT2D eigenvalue weighted by Crippen LogP contribution is 2.15. The van der Waals surface area contributed by atoms with Crippen LogP contribution in [0, 0.1) is 0 Å². The van der Waals surface area contributed by atoms with Gasteiger partial charge in [0, 0.05) is 0 Å². The Bertz CT molecular complexity index is 384. The lowest BCUT2D eigenvalue weighted by Gasteiger charge is -2.06. The average Bonchev–Trinajstić information content (AvgIpc) is 2.47. The van der Waals surface area contributed by atoms with Crippen LogP contribution in [-0.2, 0) is 11.2 Å². The van der Waals surface area contributed by atoms with Crippen molar-refractivity contribution < 1.29 is 14.6 Å². The monoisotopic (exact) mass is 292 g/mol. The summed E-state index contributed by atoms with van der Waals surface area (Å²) in [5.74, 6) is -0.0786.